The molecule has 6 nitrogen and oxygen atoms in total. The number of anilines is 2. The van der Waals surface area contributed by atoms with Gasteiger partial charge in [-0.2, -0.15) is 18.3 Å². The van der Waals surface area contributed by atoms with Crippen LogP contribution in [-0.4, -0.2) is 40.9 Å². The Bertz CT molecular complexity index is 764. The molecule has 1 aliphatic rings. The van der Waals surface area contributed by atoms with E-state index in [1.165, 1.54) is 23.0 Å². The van der Waals surface area contributed by atoms with Gasteiger partial charge in [-0.25, -0.2) is 9.67 Å². The molecule has 1 fully saturated rings. The number of piperazine rings is 1. The first-order chi connectivity index (χ1) is 11.3. The van der Waals surface area contributed by atoms with Gasteiger partial charge in [0.1, 0.15) is 5.69 Å². The zero-order valence-corrected chi connectivity index (χ0v) is 13.0. The number of rotatable bonds is 2. The molecule has 0 atom stereocenters. The molecule has 2 aromatic rings. The maximum atomic E-state index is 12.5. The van der Waals surface area contributed by atoms with Gasteiger partial charge in [-0.05, 0) is 12.1 Å². The first-order valence-electron chi connectivity index (χ1n) is 7.41. The van der Waals surface area contributed by atoms with E-state index in [-0.39, 0.29) is 5.56 Å². The molecule has 3 heterocycles. The zero-order valence-electron chi connectivity index (χ0n) is 13.0. The van der Waals surface area contributed by atoms with Crippen LogP contribution in [-0.2, 0) is 13.2 Å². The summed E-state index contributed by atoms with van der Waals surface area (Å²) in [6, 6.07) is 3.96. The Hall–Kier alpha value is -2.58. The second kappa shape index (κ2) is 6.14. The predicted octanol–water partition coefficient (Wildman–Crippen LogP) is 1.52. The normalized spacial score (nSPS) is 15.7. The van der Waals surface area contributed by atoms with Crippen molar-refractivity contribution in [3.8, 4) is 0 Å². The lowest BCUT2D eigenvalue weighted by Gasteiger charge is -2.37. The van der Waals surface area contributed by atoms with Crippen LogP contribution in [0.15, 0.2) is 35.4 Å². The summed E-state index contributed by atoms with van der Waals surface area (Å²) in [6.07, 6.45) is -1.54. The third kappa shape index (κ3) is 3.34. The smallest absolute Gasteiger partial charge is 0.367 e. The van der Waals surface area contributed by atoms with E-state index in [1.807, 2.05) is 9.80 Å². The number of pyridine rings is 1. The van der Waals surface area contributed by atoms with Crippen molar-refractivity contribution in [1.82, 2.24) is 14.8 Å². The summed E-state index contributed by atoms with van der Waals surface area (Å²) in [4.78, 5) is 19.1. The van der Waals surface area contributed by atoms with Crippen LogP contribution in [0.4, 0.5) is 24.5 Å². The van der Waals surface area contributed by atoms with Crippen molar-refractivity contribution in [2.24, 2.45) is 7.05 Å². The number of alkyl halides is 3. The second-order valence-electron chi connectivity index (χ2n) is 5.55. The van der Waals surface area contributed by atoms with Gasteiger partial charge in [0.05, 0.1) is 23.8 Å². The summed E-state index contributed by atoms with van der Waals surface area (Å²) >= 11 is 0. The SMILES string of the molecule is Cn1ncc(N2CCN(c3ccc(C(F)(F)F)nc3)CC2)cc1=O. The fourth-order valence-electron chi connectivity index (χ4n) is 2.60. The number of nitrogens with zero attached hydrogens (tertiary/aromatic N) is 5. The molecular weight excluding hydrogens is 323 g/mol. The van der Waals surface area contributed by atoms with Gasteiger partial charge >= 0.3 is 6.18 Å². The maximum Gasteiger partial charge on any atom is 0.433 e. The largest absolute Gasteiger partial charge is 0.433 e. The molecule has 1 aliphatic heterocycles. The predicted molar refractivity (Wildman–Crippen MR) is 83.1 cm³/mol. The molecular formula is C15H16F3N5O. The summed E-state index contributed by atoms with van der Waals surface area (Å²) in [6.45, 7) is 2.55. The zero-order chi connectivity index (χ0) is 17.3. The molecule has 3 rings (SSSR count). The molecule has 0 aromatic carbocycles. The topological polar surface area (TPSA) is 54.3 Å². The van der Waals surface area contributed by atoms with Gasteiger partial charge in [-0.15, -0.1) is 0 Å². The lowest BCUT2D eigenvalue weighted by atomic mass is 10.2. The van der Waals surface area contributed by atoms with E-state index in [4.69, 9.17) is 0 Å². The highest BCUT2D eigenvalue weighted by molar-refractivity contribution is 5.49. The van der Waals surface area contributed by atoms with Crippen LogP contribution in [0, 0.1) is 0 Å². The van der Waals surface area contributed by atoms with Crippen molar-refractivity contribution in [3.63, 3.8) is 0 Å². The monoisotopic (exact) mass is 339 g/mol. The van der Waals surface area contributed by atoms with E-state index in [2.05, 4.69) is 10.1 Å². The lowest BCUT2D eigenvalue weighted by molar-refractivity contribution is -0.141. The Morgan fingerprint density at radius 1 is 1.00 bits per heavy atom. The van der Waals surface area contributed by atoms with Crippen molar-refractivity contribution < 1.29 is 13.2 Å². The van der Waals surface area contributed by atoms with Gasteiger partial charge in [-0.3, -0.25) is 4.79 Å². The minimum atomic E-state index is -4.43. The highest BCUT2D eigenvalue weighted by atomic mass is 19.4. The molecule has 0 spiro atoms. The van der Waals surface area contributed by atoms with Crippen LogP contribution in [0.3, 0.4) is 0 Å². The van der Waals surface area contributed by atoms with Crippen LogP contribution < -0.4 is 15.4 Å². The van der Waals surface area contributed by atoms with E-state index in [0.29, 0.717) is 31.9 Å². The summed E-state index contributed by atoms with van der Waals surface area (Å²) in [5.41, 5.74) is 0.339. The molecule has 24 heavy (non-hydrogen) atoms. The number of aryl methyl sites for hydroxylation is 1. The summed E-state index contributed by atoms with van der Waals surface area (Å²) in [5.74, 6) is 0. The molecule has 0 bridgehead atoms. The number of aromatic nitrogens is 3. The van der Waals surface area contributed by atoms with E-state index in [1.54, 1.807) is 13.2 Å². The average molecular weight is 339 g/mol. The van der Waals surface area contributed by atoms with Crippen LogP contribution in [0.1, 0.15) is 5.69 Å². The van der Waals surface area contributed by atoms with Crippen LogP contribution in [0.5, 0.6) is 0 Å². The highest BCUT2D eigenvalue weighted by Crippen LogP contribution is 2.28. The number of halogens is 3. The molecule has 0 aliphatic carbocycles. The maximum absolute atomic E-state index is 12.5. The standard InChI is InChI=1S/C15H16F3N5O/c1-21-14(24)8-12(10-20-21)23-6-4-22(5-7-23)11-2-3-13(19-9-11)15(16,17)18/h2-3,8-10H,4-7H2,1H3. The molecule has 2 aromatic heterocycles. The van der Waals surface area contributed by atoms with Gasteiger partial charge in [-0.1, -0.05) is 0 Å². The number of hydrogen-bond donors (Lipinski definition) is 0. The van der Waals surface area contributed by atoms with Crippen LogP contribution in [0.2, 0.25) is 0 Å². The molecule has 0 amide bonds. The second-order valence-corrected chi connectivity index (χ2v) is 5.55. The number of hydrogen-bond acceptors (Lipinski definition) is 5. The molecule has 128 valence electrons. The molecule has 0 saturated carbocycles. The van der Waals surface area contributed by atoms with Crippen molar-refractivity contribution in [2.75, 3.05) is 36.0 Å². The Morgan fingerprint density at radius 3 is 2.12 bits per heavy atom. The van der Waals surface area contributed by atoms with Crippen molar-refractivity contribution >= 4 is 11.4 Å². The van der Waals surface area contributed by atoms with E-state index in [0.717, 1.165) is 11.8 Å². The van der Waals surface area contributed by atoms with Crippen molar-refractivity contribution in [1.29, 1.82) is 0 Å². The van der Waals surface area contributed by atoms with Gasteiger partial charge < -0.3 is 9.80 Å². The van der Waals surface area contributed by atoms with E-state index < -0.39 is 11.9 Å². The summed E-state index contributed by atoms with van der Waals surface area (Å²) < 4.78 is 38.9. The summed E-state index contributed by atoms with van der Waals surface area (Å²) in [7, 11) is 1.58. The third-order valence-corrected chi connectivity index (χ3v) is 4.00. The van der Waals surface area contributed by atoms with Crippen LogP contribution >= 0.6 is 0 Å². The highest BCUT2D eigenvalue weighted by Gasteiger charge is 2.32. The quantitative estimate of drug-likeness (QED) is 0.830. The van der Waals surface area contributed by atoms with Gasteiger partial charge in [0.25, 0.3) is 5.56 Å². The first-order valence-corrected chi connectivity index (χ1v) is 7.41. The Morgan fingerprint density at radius 2 is 1.62 bits per heavy atom. The Balaban J connectivity index is 1.66. The minimum absolute atomic E-state index is 0.179. The molecule has 9 heteroatoms. The fraction of sp³-hybridized carbons (Fsp3) is 0.400. The molecule has 0 N–H and O–H groups in total. The molecule has 0 unspecified atom stereocenters. The first kappa shape index (κ1) is 16.3. The average Bonchev–Trinajstić information content (AvgIpc) is 2.57. The Labute approximate surface area is 136 Å². The minimum Gasteiger partial charge on any atom is -0.367 e. The third-order valence-electron chi connectivity index (χ3n) is 4.00. The Kier molecular flexibility index (Phi) is 4.16. The van der Waals surface area contributed by atoms with Gasteiger partial charge in [0.2, 0.25) is 0 Å². The van der Waals surface area contributed by atoms with Crippen LogP contribution in [0.25, 0.3) is 0 Å². The lowest BCUT2D eigenvalue weighted by Crippen LogP contribution is -2.47. The molecule has 1 saturated heterocycles. The van der Waals surface area contributed by atoms with E-state index >= 15 is 0 Å². The van der Waals surface area contributed by atoms with E-state index in [9.17, 15) is 18.0 Å². The summed E-state index contributed by atoms with van der Waals surface area (Å²) in [5, 5.41) is 4.00. The van der Waals surface area contributed by atoms with Gasteiger partial charge in [0, 0.05) is 39.3 Å². The van der Waals surface area contributed by atoms with Gasteiger partial charge in [0.15, 0.2) is 0 Å². The molecule has 0 radical (unpaired) electrons. The fourth-order valence-corrected chi connectivity index (χ4v) is 2.60. The van der Waals surface area contributed by atoms with Crippen molar-refractivity contribution in [2.45, 2.75) is 6.18 Å². The van der Waals surface area contributed by atoms with Crippen molar-refractivity contribution in [3.05, 3.63) is 46.6 Å².